The third kappa shape index (κ3) is 8.16. The van der Waals surface area contributed by atoms with E-state index in [1.54, 1.807) is 0 Å². The Hall–Kier alpha value is -0.450. The largest absolute Gasteiger partial charge is 0.397 e. The molecule has 0 fully saturated rings. The van der Waals surface area contributed by atoms with Crippen molar-refractivity contribution in [2.45, 2.75) is 37.7 Å². The smallest absolute Gasteiger partial charge is 0.354 e. The van der Waals surface area contributed by atoms with E-state index in [9.17, 15) is 18.0 Å². The SMILES string of the molecule is CCCC(Cl)CNC(=O)CC(F)(F)F. The lowest BCUT2D eigenvalue weighted by Gasteiger charge is -2.10. The number of nitrogens with one attached hydrogen (secondary N) is 1. The van der Waals surface area contributed by atoms with Gasteiger partial charge < -0.3 is 5.32 Å². The zero-order chi connectivity index (χ0) is 11.2. The van der Waals surface area contributed by atoms with Gasteiger partial charge in [0.15, 0.2) is 0 Å². The summed E-state index contributed by atoms with van der Waals surface area (Å²) in [4.78, 5) is 10.7. The van der Waals surface area contributed by atoms with E-state index in [0.29, 0.717) is 6.42 Å². The van der Waals surface area contributed by atoms with Gasteiger partial charge in [-0.1, -0.05) is 13.3 Å². The molecule has 14 heavy (non-hydrogen) atoms. The van der Waals surface area contributed by atoms with Gasteiger partial charge in [0.05, 0.1) is 5.38 Å². The first-order valence-electron chi connectivity index (χ1n) is 4.32. The Morgan fingerprint density at radius 2 is 2.07 bits per heavy atom. The van der Waals surface area contributed by atoms with E-state index in [1.165, 1.54) is 0 Å². The number of halogens is 4. The predicted octanol–water partition coefficient (Wildman–Crippen LogP) is 2.46. The molecule has 0 aliphatic carbocycles. The number of amides is 1. The third-order valence-corrected chi connectivity index (χ3v) is 1.86. The summed E-state index contributed by atoms with van der Waals surface area (Å²) >= 11 is 5.70. The number of carbonyl (C=O) groups is 1. The van der Waals surface area contributed by atoms with Crippen molar-refractivity contribution in [3.8, 4) is 0 Å². The topological polar surface area (TPSA) is 29.1 Å². The van der Waals surface area contributed by atoms with Crippen molar-refractivity contribution in [2.75, 3.05) is 6.54 Å². The Balaban J connectivity index is 3.64. The third-order valence-electron chi connectivity index (χ3n) is 1.48. The molecule has 0 aromatic rings. The molecule has 0 aromatic carbocycles. The van der Waals surface area contributed by atoms with Gasteiger partial charge in [0, 0.05) is 6.54 Å². The highest BCUT2D eigenvalue weighted by atomic mass is 35.5. The van der Waals surface area contributed by atoms with Gasteiger partial charge in [-0.3, -0.25) is 4.79 Å². The highest BCUT2D eigenvalue weighted by Gasteiger charge is 2.31. The molecule has 0 radical (unpaired) electrons. The minimum absolute atomic E-state index is 0.0876. The molecule has 0 aliphatic rings. The van der Waals surface area contributed by atoms with E-state index in [0.717, 1.165) is 6.42 Å². The second-order valence-electron chi connectivity index (χ2n) is 2.98. The molecule has 84 valence electrons. The second-order valence-corrected chi connectivity index (χ2v) is 3.60. The van der Waals surface area contributed by atoms with Gasteiger partial charge in [-0.15, -0.1) is 11.6 Å². The molecule has 2 nitrogen and oxygen atoms in total. The van der Waals surface area contributed by atoms with Crippen LogP contribution in [-0.4, -0.2) is 24.0 Å². The van der Waals surface area contributed by atoms with Crippen LogP contribution in [-0.2, 0) is 4.79 Å². The van der Waals surface area contributed by atoms with Crippen molar-refractivity contribution >= 4 is 17.5 Å². The van der Waals surface area contributed by atoms with Crippen LogP contribution >= 0.6 is 11.6 Å². The Bertz CT molecular complexity index is 184. The highest BCUT2D eigenvalue weighted by Crippen LogP contribution is 2.18. The number of rotatable bonds is 5. The first kappa shape index (κ1) is 13.5. The van der Waals surface area contributed by atoms with E-state index >= 15 is 0 Å². The summed E-state index contributed by atoms with van der Waals surface area (Å²) in [5.41, 5.74) is 0. The van der Waals surface area contributed by atoms with Gasteiger partial charge in [-0.05, 0) is 6.42 Å². The molecule has 0 aliphatic heterocycles. The molecule has 0 saturated carbocycles. The molecule has 0 rings (SSSR count). The lowest BCUT2D eigenvalue weighted by molar-refractivity contribution is -0.153. The Labute approximate surface area is 85.8 Å². The van der Waals surface area contributed by atoms with Crippen LogP contribution in [0.2, 0.25) is 0 Å². The van der Waals surface area contributed by atoms with Crippen molar-refractivity contribution in [1.82, 2.24) is 5.32 Å². The van der Waals surface area contributed by atoms with Crippen LogP contribution in [0.4, 0.5) is 13.2 Å². The van der Waals surface area contributed by atoms with Gasteiger partial charge in [-0.2, -0.15) is 13.2 Å². The summed E-state index contributed by atoms with van der Waals surface area (Å²) in [6.45, 7) is 2.00. The molecule has 0 spiro atoms. The molecule has 0 heterocycles. The monoisotopic (exact) mass is 231 g/mol. The van der Waals surface area contributed by atoms with Crippen LogP contribution in [0.15, 0.2) is 0 Å². The first-order valence-corrected chi connectivity index (χ1v) is 4.76. The van der Waals surface area contributed by atoms with Crippen LogP contribution in [0.5, 0.6) is 0 Å². The van der Waals surface area contributed by atoms with E-state index in [-0.39, 0.29) is 11.9 Å². The fraction of sp³-hybridized carbons (Fsp3) is 0.875. The molecule has 0 aromatic heterocycles. The van der Waals surface area contributed by atoms with Crippen molar-refractivity contribution in [3.63, 3.8) is 0 Å². The quantitative estimate of drug-likeness (QED) is 0.724. The molecular formula is C8H13ClF3NO. The van der Waals surface area contributed by atoms with Crippen LogP contribution in [0, 0.1) is 0 Å². The molecule has 0 bridgehead atoms. The molecule has 0 saturated heterocycles. The fourth-order valence-corrected chi connectivity index (χ4v) is 1.18. The summed E-state index contributed by atoms with van der Waals surface area (Å²) in [6, 6.07) is 0. The number of hydrogen-bond donors (Lipinski definition) is 1. The molecule has 6 heteroatoms. The number of alkyl halides is 4. The van der Waals surface area contributed by atoms with Crippen molar-refractivity contribution in [3.05, 3.63) is 0 Å². The van der Waals surface area contributed by atoms with Crippen LogP contribution < -0.4 is 5.32 Å². The Morgan fingerprint density at radius 3 is 2.50 bits per heavy atom. The lowest BCUT2D eigenvalue weighted by atomic mass is 10.2. The Kier molecular flexibility index (Phi) is 5.92. The number of hydrogen-bond acceptors (Lipinski definition) is 1. The average molecular weight is 232 g/mol. The van der Waals surface area contributed by atoms with Crippen molar-refractivity contribution in [2.24, 2.45) is 0 Å². The maximum atomic E-state index is 11.7. The summed E-state index contributed by atoms with van der Waals surface area (Å²) in [7, 11) is 0. The van der Waals surface area contributed by atoms with Crippen LogP contribution in [0.1, 0.15) is 26.2 Å². The van der Waals surface area contributed by atoms with Crippen molar-refractivity contribution in [1.29, 1.82) is 0 Å². The molecule has 1 N–H and O–H groups in total. The maximum absolute atomic E-state index is 11.7. The average Bonchev–Trinajstić information content (AvgIpc) is 1.98. The van der Waals surface area contributed by atoms with Gasteiger partial charge in [0.1, 0.15) is 6.42 Å². The fourth-order valence-electron chi connectivity index (χ4n) is 0.884. The summed E-state index contributed by atoms with van der Waals surface area (Å²) in [5.74, 6) is -1.03. The number of carbonyl (C=O) groups excluding carboxylic acids is 1. The minimum atomic E-state index is -4.45. The van der Waals surface area contributed by atoms with Crippen LogP contribution in [0.25, 0.3) is 0 Å². The molecule has 1 amide bonds. The van der Waals surface area contributed by atoms with E-state index in [2.05, 4.69) is 5.32 Å². The molecule has 1 atom stereocenters. The molecule has 1 unspecified atom stereocenters. The summed E-state index contributed by atoms with van der Waals surface area (Å²) in [6.07, 6.45) is -4.38. The second kappa shape index (κ2) is 6.11. The zero-order valence-corrected chi connectivity index (χ0v) is 8.58. The lowest BCUT2D eigenvalue weighted by Crippen LogP contribution is -2.32. The van der Waals surface area contributed by atoms with Crippen molar-refractivity contribution < 1.29 is 18.0 Å². The van der Waals surface area contributed by atoms with E-state index in [1.807, 2.05) is 6.92 Å². The van der Waals surface area contributed by atoms with E-state index in [4.69, 9.17) is 11.6 Å². The normalized spacial score (nSPS) is 13.8. The van der Waals surface area contributed by atoms with Gasteiger partial charge >= 0.3 is 6.18 Å². The predicted molar refractivity (Wildman–Crippen MR) is 48.2 cm³/mol. The van der Waals surface area contributed by atoms with Crippen LogP contribution in [0.3, 0.4) is 0 Å². The standard InChI is InChI=1S/C8H13ClF3NO/c1-2-3-6(9)5-13-7(14)4-8(10,11)12/h6H,2-5H2,1H3,(H,13,14). The maximum Gasteiger partial charge on any atom is 0.397 e. The zero-order valence-electron chi connectivity index (χ0n) is 7.83. The summed E-state index contributed by atoms with van der Waals surface area (Å²) < 4.78 is 35.1. The van der Waals surface area contributed by atoms with E-state index < -0.39 is 18.5 Å². The minimum Gasteiger partial charge on any atom is -0.354 e. The van der Waals surface area contributed by atoms with Gasteiger partial charge in [0.2, 0.25) is 5.91 Å². The Morgan fingerprint density at radius 1 is 1.50 bits per heavy atom. The van der Waals surface area contributed by atoms with Gasteiger partial charge in [0.25, 0.3) is 0 Å². The van der Waals surface area contributed by atoms with Gasteiger partial charge in [-0.25, -0.2) is 0 Å². The first-order chi connectivity index (χ1) is 6.35. The molecular weight excluding hydrogens is 219 g/mol. The highest BCUT2D eigenvalue weighted by molar-refractivity contribution is 6.20. The summed E-state index contributed by atoms with van der Waals surface area (Å²) in [5, 5.41) is 1.84.